The van der Waals surface area contributed by atoms with Gasteiger partial charge in [0.15, 0.2) is 11.5 Å². The van der Waals surface area contributed by atoms with Crippen LogP contribution >= 0.6 is 0 Å². The molecular formula is C12H12FN3O3. The summed E-state index contributed by atoms with van der Waals surface area (Å²) in [6.07, 6.45) is 3.09. The number of ether oxygens (including phenoxy) is 1. The molecule has 0 fully saturated rings. The highest BCUT2D eigenvalue weighted by molar-refractivity contribution is 5.89. The van der Waals surface area contributed by atoms with Crippen LogP contribution in [0.15, 0.2) is 24.5 Å². The molecule has 0 spiro atoms. The van der Waals surface area contributed by atoms with Crippen LogP contribution in [0.3, 0.4) is 0 Å². The molecule has 0 amide bonds. The van der Waals surface area contributed by atoms with Gasteiger partial charge in [-0.15, -0.1) is 0 Å². The smallest absolute Gasteiger partial charge is 0.338 e. The highest BCUT2D eigenvalue weighted by atomic mass is 19.1. The number of nitrogen functional groups attached to an aromatic ring is 1. The van der Waals surface area contributed by atoms with Crippen molar-refractivity contribution in [1.29, 1.82) is 0 Å². The van der Waals surface area contributed by atoms with Crippen LogP contribution in [-0.4, -0.2) is 20.9 Å². The predicted octanol–water partition coefficient (Wildman–Crippen LogP) is 2.11. The van der Waals surface area contributed by atoms with E-state index in [0.29, 0.717) is 12.3 Å². The Morgan fingerprint density at radius 1 is 1.58 bits per heavy atom. The molecule has 0 atom stereocenters. The molecule has 0 aliphatic rings. The van der Waals surface area contributed by atoms with E-state index in [4.69, 9.17) is 15.6 Å². The van der Waals surface area contributed by atoms with Crippen LogP contribution in [0.4, 0.5) is 10.1 Å². The van der Waals surface area contributed by atoms with Crippen LogP contribution in [0.1, 0.15) is 17.3 Å². The van der Waals surface area contributed by atoms with Gasteiger partial charge in [0.1, 0.15) is 5.82 Å². The first kappa shape index (κ1) is 12.9. The van der Waals surface area contributed by atoms with Gasteiger partial charge in [0, 0.05) is 12.6 Å². The molecule has 6 nitrogen and oxygen atoms in total. The van der Waals surface area contributed by atoms with Crippen LogP contribution in [0.5, 0.6) is 11.5 Å². The molecule has 1 aromatic heterocycles. The largest absolute Gasteiger partial charge is 0.478 e. The molecule has 2 rings (SSSR count). The average Bonchev–Trinajstić information content (AvgIpc) is 2.80. The highest BCUT2D eigenvalue weighted by Crippen LogP contribution is 2.29. The number of anilines is 1. The number of carboxylic acid groups (broad SMARTS) is 1. The second kappa shape index (κ2) is 4.97. The van der Waals surface area contributed by atoms with Crippen molar-refractivity contribution < 1.29 is 19.0 Å². The number of aromatic carboxylic acids is 1. The Bertz CT molecular complexity index is 625. The fourth-order valence-corrected chi connectivity index (χ4v) is 1.52. The summed E-state index contributed by atoms with van der Waals surface area (Å²) >= 11 is 0. The molecule has 100 valence electrons. The summed E-state index contributed by atoms with van der Waals surface area (Å²) in [5.74, 6) is -1.83. The summed E-state index contributed by atoms with van der Waals surface area (Å²) in [5.41, 5.74) is 5.19. The third-order valence-electron chi connectivity index (χ3n) is 2.49. The lowest BCUT2D eigenvalue weighted by molar-refractivity contribution is 0.0692. The number of hydrogen-bond acceptors (Lipinski definition) is 4. The minimum atomic E-state index is -1.38. The lowest BCUT2D eigenvalue weighted by Crippen LogP contribution is -2.03. The van der Waals surface area contributed by atoms with E-state index in [1.165, 1.54) is 6.20 Å². The van der Waals surface area contributed by atoms with Crippen molar-refractivity contribution in [3.05, 3.63) is 35.9 Å². The second-order valence-corrected chi connectivity index (χ2v) is 3.81. The maximum Gasteiger partial charge on any atom is 0.338 e. The number of aryl methyl sites for hydroxylation is 1. The van der Waals surface area contributed by atoms with E-state index in [2.05, 4.69) is 5.10 Å². The van der Waals surface area contributed by atoms with E-state index < -0.39 is 17.3 Å². The molecule has 0 saturated heterocycles. The van der Waals surface area contributed by atoms with Crippen molar-refractivity contribution in [3.8, 4) is 11.5 Å². The summed E-state index contributed by atoms with van der Waals surface area (Å²) in [5, 5.41) is 12.7. The van der Waals surface area contributed by atoms with Crippen LogP contribution < -0.4 is 10.5 Å². The standard InChI is InChI=1S/C12H12FN3O3/c1-2-16-6-7(5-15-16)19-11-4-9(13)8(12(17)18)3-10(11)14/h3-6H,2,14H2,1H3,(H,17,18). The zero-order valence-electron chi connectivity index (χ0n) is 10.1. The third kappa shape index (κ3) is 2.65. The number of aromatic nitrogens is 2. The number of benzene rings is 1. The number of halogens is 1. The maximum atomic E-state index is 13.5. The Hall–Kier alpha value is -2.57. The Kier molecular flexibility index (Phi) is 3.37. The summed E-state index contributed by atoms with van der Waals surface area (Å²) in [6, 6.07) is 1.97. The first-order valence-electron chi connectivity index (χ1n) is 5.54. The van der Waals surface area contributed by atoms with Gasteiger partial charge in [0.25, 0.3) is 0 Å². The zero-order valence-corrected chi connectivity index (χ0v) is 10.1. The minimum absolute atomic E-state index is 0.0445. The van der Waals surface area contributed by atoms with Gasteiger partial charge in [-0.05, 0) is 13.0 Å². The molecule has 19 heavy (non-hydrogen) atoms. The Balaban J connectivity index is 2.30. The molecule has 0 aliphatic carbocycles. The van der Waals surface area contributed by atoms with Gasteiger partial charge in [-0.25, -0.2) is 9.18 Å². The number of hydrogen-bond donors (Lipinski definition) is 2. The summed E-state index contributed by atoms with van der Waals surface area (Å²) in [6.45, 7) is 2.58. The summed E-state index contributed by atoms with van der Waals surface area (Å²) < 4.78 is 20.5. The van der Waals surface area contributed by atoms with E-state index in [9.17, 15) is 9.18 Å². The third-order valence-corrected chi connectivity index (χ3v) is 2.49. The maximum absolute atomic E-state index is 13.5. The molecule has 1 heterocycles. The van der Waals surface area contributed by atoms with E-state index in [1.807, 2.05) is 6.92 Å². The Labute approximate surface area is 108 Å². The zero-order chi connectivity index (χ0) is 14.0. The van der Waals surface area contributed by atoms with Crippen molar-refractivity contribution in [2.45, 2.75) is 13.5 Å². The van der Waals surface area contributed by atoms with Gasteiger partial charge in [0.2, 0.25) is 0 Å². The lowest BCUT2D eigenvalue weighted by Gasteiger charge is -2.08. The van der Waals surface area contributed by atoms with E-state index >= 15 is 0 Å². The number of carboxylic acids is 1. The van der Waals surface area contributed by atoms with E-state index in [1.54, 1.807) is 10.9 Å². The lowest BCUT2D eigenvalue weighted by atomic mass is 10.2. The molecule has 3 N–H and O–H groups in total. The topological polar surface area (TPSA) is 90.4 Å². The SMILES string of the molecule is CCn1cc(Oc2cc(F)c(C(=O)O)cc2N)cn1. The summed E-state index contributed by atoms with van der Waals surface area (Å²) in [7, 11) is 0. The normalized spacial score (nSPS) is 10.4. The molecule has 0 saturated carbocycles. The van der Waals surface area contributed by atoms with Crippen LogP contribution in [-0.2, 0) is 6.54 Å². The predicted molar refractivity (Wildman–Crippen MR) is 65.7 cm³/mol. The fourth-order valence-electron chi connectivity index (χ4n) is 1.52. The van der Waals surface area contributed by atoms with E-state index in [-0.39, 0.29) is 11.4 Å². The first-order chi connectivity index (χ1) is 9.01. The minimum Gasteiger partial charge on any atom is -0.478 e. The monoisotopic (exact) mass is 265 g/mol. The number of rotatable bonds is 4. The quantitative estimate of drug-likeness (QED) is 0.826. The van der Waals surface area contributed by atoms with Crippen molar-refractivity contribution in [2.75, 3.05) is 5.73 Å². The van der Waals surface area contributed by atoms with Crippen molar-refractivity contribution >= 4 is 11.7 Å². The van der Waals surface area contributed by atoms with Gasteiger partial charge >= 0.3 is 5.97 Å². The van der Waals surface area contributed by atoms with Gasteiger partial charge in [-0.2, -0.15) is 5.10 Å². The number of carbonyl (C=O) groups is 1. The number of nitrogens with two attached hydrogens (primary N) is 1. The molecule has 0 aliphatic heterocycles. The van der Waals surface area contributed by atoms with Crippen molar-refractivity contribution in [1.82, 2.24) is 9.78 Å². The van der Waals surface area contributed by atoms with Crippen molar-refractivity contribution in [3.63, 3.8) is 0 Å². The van der Waals surface area contributed by atoms with Crippen molar-refractivity contribution in [2.24, 2.45) is 0 Å². The Morgan fingerprint density at radius 3 is 2.89 bits per heavy atom. The van der Waals surface area contributed by atoms with Gasteiger partial charge in [-0.3, -0.25) is 4.68 Å². The molecule has 0 unspecified atom stereocenters. The van der Waals surface area contributed by atoms with Crippen LogP contribution in [0, 0.1) is 5.82 Å². The highest BCUT2D eigenvalue weighted by Gasteiger charge is 2.15. The van der Waals surface area contributed by atoms with Gasteiger partial charge in [-0.1, -0.05) is 0 Å². The molecule has 2 aromatic rings. The fraction of sp³-hybridized carbons (Fsp3) is 0.167. The average molecular weight is 265 g/mol. The molecule has 7 heteroatoms. The second-order valence-electron chi connectivity index (χ2n) is 3.81. The molecule has 0 bridgehead atoms. The van der Waals surface area contributed by atoms with Crippen LogP contribution in [0.25, 0.3) is 0 Å². The molecule has 0 radical (unpaired) electrons. The number of nitrogens with zero attached hydrogens (tertiary/aromatic N) is 2. The van der Waals surface area contributed by atoms with Gasteiger partial charge < -0.3 is 15.6 Å². The first-order valence-corrected chi connectivity index (χ1v) is 5.54. The van der Waals surface area contributed by atoms with E-state index in [0.717, 1.165) is 12.1 Å². The van der Waals surface area contributed by atoms with Gasteiger partial charge in [0.05, 0.1) is 23.6 Å². The van der Waals surface area contributed by atoms with Crippen LogP contribution in [0.2, 0.25) is 0 Å². The summed E-state index contributed by atoms with van der Waals surface area (Å²) in [4.78, 5) is 10.7. The molecule has 1 aromatic carbocycles. The molecular weight excluding hydrogens is 253 g/mol. The Morgan fingerprint density at radius 2 is 2.32 bits per heavy atom.